The second-order valence-electron chi connectivity index (χ2n) is 7.04. The van der Waals surface area contributed by atoms with Crippen molar-refractivity contribution in [2.75, 3.05) is 0 Å². The molecule has 0 radical (unpaired) electrons. The number of carboxylic acid groups (broad SMARTS) is 1. The number of carbonyl (C=O) groups is 2. The second kappa shape index (κ2) is 9.13. The SMILES string of the molecule is CCC(CC(O)C(F)(F)F)N1C(=O)C(CC(=O)O)CCC1c1ccc(Cl)cc1. The number of benzene rings is 1. The third-order valence-electron chi connectivity index (χ3n) is 5.14. The van der Waals surface area contributed by atoms with Gasteiger partial charge in [-0.2, -0.15) is 13.2 Å². The van der Waals surface area contributed by atoms with Crippen LogP contribution in [0.25, 0.3) is 0 Å². The Labute approximate surface area is 166 Å². The van der Waals surface area contributed by atoms with Crippen LogP contribution >= 0.6 is 11.6 Å². The number of aliphatic hydroxyl groups is 1. The molecule has 2 N–H and O–H groups in total. The van der Waals surface area contributed by atoms with Gasteiger partial charge >= 0.3 is 12.1 Å². The number of halogens is 4. The average Bonchev–Trinajstić information content (AvgIpc) is 2.61. The molecule has 0 aromatic heterocycles. The van der Waals surface area contributed by atoms with Crippen molar-refractivity contribution < 1.29 is 33.0 Å². The van der Waals surface area contributed by atoms with Gasteiger partial charge in [-0.15, -0.1) is 0 Å². The van der Waals surface area contributed by atoms with Crippen molar-refractivity contribution in [2.24, 2.45) is 5.92 Å². The van der Waals surface area contributed by atoms with Gasteiger partial charge in [0, 0.05) is 23.4 Å². The molecule has 156 valence electrons. The first-order chi connectivity index (χ1) is 13.0. The number of hydrogen-bond donors (Lipinski definition) is 2. The normalized spacial score (nSPS) is 22.8. The van der Waals surface area contributed by atoms with Crippen molar-refractivity contribution in [3.8, 4) is 0 Å². The Balaban J connectivity index is 2.36. The van der Waals surface area contributed by atoms with Crippen molar-refractivity contribution >= 4 is 23.5 Å². The zero-order valence-corrected chi connectivity index (χ0v) is 16.1. The topological polar surface area (TPSA) is 77.8 Å². The van der Waals surface area contributed by atoms with Crippen LogP contribution in [0, 0.1) is 5.92 Å². The molecule has 28 heavy (non-hydrogen) atoms. The van der Waals surface area contributed by atoms with Crippen molar-refractivity contribution in [3.05, 3.63) is 34.9 Å². The predicted octanol–water partition coefficient (Wildman–Crippen LogP) is 4.19. The van der Waals surface area contributed by atoms with E-state index in [9.17, 15) is 27.9 Å². The predicted molar refractivity (Wildman–Crippen MR) is 96.8 cm³/mol. The van der Waals surface area contributed by atoms with Gasteiger partial charge in [0.15, 0.2) is 6.10 Å². The summed E-state index contributed by atoms with van der Waals surface area (Å²) in [5, 5.41) is 19.1. The highest BCUT2D eigenvalue weighted by Crippen LogP contribution is 2.39. The highest BCUT2D eigenvalue weighted by molar-refractivity contribution is 6.30. The van der Waals surface area contributed by atoms with E-state index in [0.717, 1.165) is 0 Å². The van der Waals surface area contributed by atoms with Crippen molar-refractivity contribution in [1.29, 1.82) is 0 Å². The van der Waals surface area contributed by atoms with Crippen LogP contribution in [0.1, 0.15) is 50.6 Å². The molecule has 1 aromatic carbocycles. The van der Waals surface area contributed by atoms with Gasteiger partial charge in [-0.05, 0) is 37.0 Å². The van der Waals surface area contributed by atoms with Crippen LogP contribution < -0.4 is 0 Å². The molecule has 5 nitrogen and oxygen atoms in total. The molecule has 0 spiro atoms. The number of carbonyl (C=O) groups excluding carboxylic acids is 1. The first kappa shape index (κ1) is 22.5. The number of carboxylic acids is 1. The lowest BCUT2D eigenvalue weighted by atomic mass is 9.84. The second-order valence-corrected chi connectivity index (χ2v) is 7.48. The highest BCUT2D eigenvalue weighted by atomic mass is 35.5. The standard InChI is InChI=1S/C19H23ClF3NO4/c1-2-14(10-16(25)19(21,22)23)24-15(11-3-6-13(20)7-4-11)8-5-12(18(24)28)9-17(26)27/h3-4,6-7,12,14-16,25H,2,5,8-10H2,1H3,(H,26,27). The zero-order chi connectivity index (χ0) is 21.1. The Morgan fingerprint density at radius 3 is 2.39 bits per heavy atom. The number of likely N-dealkylation sites (tertiary alicyclic amines) is 1. The van der Waals surface area contributed by atoms with E-state index in [1.54, 1.807) is 31.2 Å². The minimum atomic E-state index is -4.79. The fraction of sp³-hybridized carbons (Fsp3) is 0.579. The van der Waals surface area contributed by atoms with Crippen LogP contribution in [0.4, 0.5) is 13.2 Å². The summed E-state index contributed by atoms with van der Waals surface area (Å²) in [7, 11) is 0. The van der Waals surface area contributed by atoms with E-state index in [-0.39, 0.29) is 12.8 Å². The van der Waals surface area contributed by atoms with Crippen molar-refractivity contribution in [1.82, 2.24) is 4.90 Å². The van der Waals surface area contributed by atoms with E-state index in [1.807, 2.05) is 0 Å². The van der Waals surface area contributed by atoms with Gasteiger partial charge < -0.3 is 15.1 Å². The quantitative estimate of drug-likeness (QED) is 0.692. The molecule has 0 aliphatic carbocycles. The minimum Gasteiger partial charge on any atom is -0.481 e. The molecule has 1 aliphatic heterocycles. The molecule has 1 aromatic rings. The smallest absolute Gasteiger partial charge is 0.414 e. The number of rotatable bonds is 7. The van der Waals surface area contributed by atoms with E-state index < -0.39 is 48.6 Å². The molecule has 1 aliphatic rings. The monoisotopic (exact) mass is 421 g/mol. The van der Waals surface area contributed by atoms with Crippen LogP contribution in [0.5, 0.6) is 0 Å². The number of piperidine rings is 1. The number of hydrogen-bond acceptors (Lipinski definition) is 3. The summed E-state index contributed by atoms with van der Waals surface area (Å²) in [6.45, 7) is 1.64. The van der Waals surface area contributed by atoms with Gasteiger partial charge in [0.1, 0.15) is 0 Å². The Morgan fingerprint density at radius 2 is 1.89 bits per heavy atom. The first-order valence-corrected chi connectivity index (χ1v) is 9.46. The molecular formula is C19H23ClF3NO4. The lowest BCUT2D eigenvalue weighted by Crippen LogP contribution is -2.51. The molecule has 1 fully saturated rings. The fourth-order valence-corrected chi connectivity index (χ4v) is 3.83. The first-order valence-electron chi connectivity index (χ1n) is 9.08. The van der Waals surface area contributed by atoms with Crippen molar-refractivity contribution in [3.63, 3.8) is 0 Å². The number of amides is 1. The highest BCUT2D eigenvalue weighted by Gasteiger charge is 2.44. The Bertz CT molecular complexity index is 695. The average molecular weight is 422 g/mol. The van der Waals surface area contributed by atoms with Gasteiger partial charge in [-0.1, -0.05) is 30.7 Å². The van der Waals surface area contributed by atoms with E-state index in [4.69, 9.17) is 16.7 Å². The summed E-state index contributed by atoms with van der Waals surface area (Å²) in [5.41, 5.74) is 0.714. The molecule has 2 rings (SSSR count). The van der Waals surface area contributed by atoms with Crippen molar-refractivity contribution in [2.45, 2.75) is 63.4 Å². The fourth-order valence-electron chi connectivity index (χ4n) is 3.70. The largest absolute Gasteiger partial charge is 0.481 e. The third kappa shape index (κ3) is 5.38. The molecule has 1 saturated heterocycles. The van der Waals surface area contributed by atoms with Crippen LogP contribution in [-0.4, -0.2) is 45.3 Å². The maximum Gasteiger partial charge on any atom is 0.414 e. The van der Waals surface area contributed by atoms with Gasteiger partial charge in [0.2, 0.25) is 5.91 Å². The molecule has 1 heterocycles. The summed E-state index contributed by atoms with van der Waals surface area (Å²) in [6.07, 6.45) is -7.44. The molecule has 9 heteroatoms. The maximum atomic E-state index is 13.0. The summed E-state index contributed by atoms with van der Waals surface area (Å²) in [6, 6.07) is 5.31. The van der Waals surface area contributed by atoms with Crippen LogP contribution in [0.3, 0.4) is 0 Å². The summed E-state index contributed by atoms with van der Waals surface area (Å²) in [5.74, 6) is -2.42. The Morgan fingerprint density at radius 1 is 1.29 bits per heavy atom. The van der Waals surface area contributed by atoms with Crippen LogP contribution in [0.15, 0.2) is 24.3 Å². The van der Waals surface area contributed by atoms with Crippen LogP contribution in [0.2, 0.25) is 5.02 Å². The number of aliphatic carboxylic acids is 1. The Hall–Kier alpha value is -1.80. The van der Waals surface area contributed by atoms with Crippen LogP contribution in [-0.2, 0) is 9.59 Å². The van der Waals surface area contributed by atoms with E-state index in [2.05, 4.69) is 0 Å². The van der Waals surface area contributed by atoms with E-state index in [1.165, 1.54) is 4.90 Å². The van der Waals surface area contributed by atoms with Gasteiger partial charge in [-0.3, -0.25) is 9.59 Å². The molecule has 4 atom stereocenters. The molecule has 1 amide bonds. The Kier molecular flexibility index (Phi) is 7.33. The molecule has 0 bridgehead atoms. The number of alkyl halides is 3. The lowest BCUT2D eigenvalue weighted by molar-refractivity contribution is -0.210. The molecule has 0 saturated carbocycles. The number of nitrogens with zero attached hydrogens (tertiary/aromatic N) is 1. The third-order valence-corrected chi connectivity index (χ3v) is 5.39. The van der Waals surface area contributed by atoms with Gasteiger partial charge in [0.05, 0.1) is 12.5 Å². The minimum absolute atomic E-state index is 0.197. The van der Waals surface area contributed by atoms with Gasteiger partial charge in [0.25, 0.3) is 0 Å². The summed E-state index contributed by atoms with van der Waals surface area (Å²) < 4.78 is 38.6. The summed E-state index contributed by atoms with van der Waals surface area (Å²) >= 11 is 5.90. The summed E-state index contributed by atoms with van der Waals surface area (Å²) in [4.78, 5) is 25.4. The van der Waals surface area contributed by atoms with Gasteiger partial charge in [-0.25, -0.2) is 0 Å². The zero-order valence-electron chi connectivity index (χ0n) is 15.3. The van der Waals surface area contributed by atoms with E-state index >= 15 is 0 Å². The van der Waals surface area contributed by atoms with E-state index in [0.29, 0.717) is 23.4 Å². The maximum absolute atomic E-state index is 13.0. The molecule has 4 unspecified atom stereocenters. The lowest BCUT2D eigenvalue weighted by Gasteiger charge is -2.44. The number of aliphatic hydroxyl groups excluding tert-OH is 1. The molecular weight excluding hydrogens is 399 g/mol.